The molecule has 0 radical (unpaired) electrons. The van der Waals surface area contributed by atoms with Crippen molar-refractivity contribution >= 4 is 21.8 Å². The van der Waals surface area contributed by atoms with Crippen LogP contribution in [-0.4, -0.2) is 73.5 Å². The first-order valence-electron chi connectivity index (χ1n) is 9.16. The summed E-state index contributed by atoms with van der Waals surface area (Å²) in [5.41, 5.74) is 0. The van der Waals surface area contributed by atoms with Gasteiger partial charge >= 0.3 is 0 Å². The number of nitrogens with zero attached hydrogens (tertiary/aromatic N) is 2. The van der Waals surface area contributed by atoms with Crippen LogP contribution in [0.4, 0.5) is 0 Å². The summed E-state index contributed by atoms with van der Waals surface area (Å²) in [6, 6.07) is 8.36. The highest BCUT2D eigenvalue weighted by Gasteiger charge is 2.44. The third-order valence-electron chi connectivity index (χ3n) is 4.81. The Morgan fingerprint density at radius 1 is 1.30 bits per heavy atom. The fourth-order valence-corrected chi connectivity index (χ4v) is 5.09. The Morgan fingerprint density at radius 3 is 2.74 bits per heavy atom. The fraction of sp³-hybridized carbons (Fsp3) is 0.556. The van der Waals surface area contributed by atoms with Crippen LogP contribution in [0.15, 0.2) is 30.3 Å². The van der Waals surface area contributed by atoms with E-state index < -0.39 is 16.1 Å². The number of ether oxygens (including phenoxy) is 1. The molecule has 1 aromatic rings. The number of para-hydroxylation sites is 1. The van der Waals surface area contributed by atoms with Gasteiger partial charge in [0.2, 0.25) is 10.0 Å². The van der Waals surface area contributed by atoms with E-state index in [0.29, 0.717) is 31.7 Å². The van der Waals surface area contributed by atoms with Crippen molar-refractivity contribution in [1.29, 1.82) is 0 Å². The Labute approximate surface area is 159 Å². The first-order chi connectivity index (χ1) is 12.9. The first kappa shape index (κ1) is 19.6. The molecular formula is C18H25N3O5S. The van der Waals surface area contributed by atoms with Crippen molar-refractivity contribution in [1.82, 2.24) is 14.5 Å². The van der Waals surface area contributed by atoms with Gasteiger partial charge in [-0.15, -0.1) is 0 Å². The van der Waals surface area contributed by atoms with Crippen LogP contribution in [0.5, 0.6) is 5.75 Å². The zero-order chi connectivity index (χ0) is 19.4. The summed E-state index contributed by atoms with van der Waals surface area (Å²) in [6.07, 6.45) is 0.986. The van der Waals surface area contributed by atoms with Gasteiger partial charge in [-0.25, -0.2) is 12.7 Å². The van der Waals surface area contributed by atoms with Crippen LogP contribution in [0.25, 0.3) is 0 Å². The molecule has 2 saturated heterocycles. The van der Waals surface area contributed by atoms with Gasteiger partial charge in [-0.3, -0.25) is 14.5 Å². The minimum atomic E-state index is -3.56. The van der Waals surface area contributed by atoms with Crippen LogP contribution in [0.1, 0.15) is 19.8 Å². The van der Waals surface area contributed by atoms with Gasteiger partial charge in [0.05, 0.1) is 11.8 Å². The maximum atomic E-state index is 12.7. The number of fused-ring (bicyclic) bond motifs is 1. The molecule has 2 amide bonds. The smallest absolute Gasteiger partial charge is 0.258 e. The van der Waals surface area contributed by atoms with Gasteiger partial charge in [0.1, 0.15) is 5.75 Å². The van der Waals surface area contributed by atoms with Crippen molar-refractivity contribution in [2.45, 2.75) is 31.8 Å². The second-order valence-corrected chi connectivity index (χ2v) is 8.85. The van der Waals surface area contributed by atoms with Crippen molar-refractivity contribution in [2.24, 2.45) is 0 Å². The lowest BCUT2D eigenvalue weighted by Gasteiger charge is -2.23. The van der Waals surface area contributed by atoms with E-state index in [1.165, 1.54) is 0 Å². The SMILES string of the molecule is CCCN1C(=O)C2CC(NC(=O)COc3ccccc3)CN2CCS1(=O)=O. The van der Waals surface area contributed by atoms with E-state index in [9.17, 15) is 18.0 Å². The van der Waals surface area contributed by atoms with E-state index in [4.69, 9.17) is 4.74 Å². The topological polar surface area (TPSA) is 96.0 Å². The molecule has 1 N–H and O–H groups in total. The average Bonchev–Trinajstić information content (AvgIpc) is 3.02. The molecule has 2 heterocycles. The molecule has 9 heteroatoms. The molecular weight excluding hydrogens is 370 g/mol. The van der Waals surface area contributed by atoms with E-state index in [0.717, 1.165) is 4.31 Å². The first-order valence-corrected chi connectivity index (χ1v) is 10.8. The second kappa shape index (κ2) is 8.26. The number of amides is 2. The van der Waals surface area contributed by atoms with Crippen molar-refractivity contribution in [3.8, 4) is 5.75 Å². The van der Waals surface area contributed by atoms with Crippen LogP contribution < -0.4 is 10.1 Å². The van der Waals surface area contributed by atoms with E-state index in [1.807, 2.05) is 30.0 Å². The molecule has 2 atom stereocenters. The number of benzene rings is 1. The Kier molecular flexibility index (Phi) is 6.01. The van der Waals surface area contributed by atoms with Crippen molar-refractivity contribution in [3.63, 3.8) is 0 Å². The van der Waals surface area contributed by atoms with Gasteiger partial charge in [0.15, 0.2) is 6.61 Å². The number of carbonyl (C=O) groups excluding carboxylic acids is 2. The standard InChI is InChI=1S/C18H25N3O5S/c1-2-8-21-18(23)16-11-14(12-20(16)9-10-27(21,24)25)19-17(22)13-26-15-6-4-3-5-7-15/h3-7,14,16H,2,8-13H2,1H3,(H,19,22). The molecule has 2 unspecified atom stereocenters. The average molecular weight is 395 g/mol. The predicted molar refractivity (Wildman–Crippen MR) is 99.6 cm³/mol. The minimum absolute atomic E-state index is 0.0764. The van der Waals surface area contributed by atoms with Crippen LogP contribution in [-0.2, 0) is 19.6 Å². The molecule has 2 aliphatic heterocycles. The molecule has 0 spiro atoms. The Bertz CT molecular complexity index is 783. The quantitative estimate of drug-likeness (QED) is 0.740. The summed E-state index contributed by atoms with van der Waals surface area (Å²) in [5, 5.41) is 2.89. The van der Waals surface area contributed by atoms with Gasteiger partial charge in [0, 0.05) is 25.7 Å². The number of hydrogen-bond donors (Lipinski definition) is 1. The van der Waals surface area contributed by atoms with Gasteiger partial charge in [0.25, 0.3) is 11.8 Å². The molecule has 8 nitrogen and oxygen atoms in total. The summed E-state index contributed by atoms with van der Waals surface area (Å²) in [4.78, 5) is 26.8. The molecule has 0 saturated carbocycles. The van der Waals surface area contributed by atoms with Crippen LogP contribution in [0.3, 0.4) is 0 Å². The Morgan fingerprint density at radius 2 is 2.04 bits per heavy atom. The largest absolute Gasteiger partial charge is 0.484 e. The third-order valence-corrected chi connectivity index (χ3v) is 6.54. The maximum Gasteiger partial charge on any atom is 0.258 e. The highest BCUT2D eigenvalue weighted by Crippen LogP contribution is 2.24. The monoisotopic (exact) mass is 395 g/mol. The zero-order valence-corrected chi connectivity index (χ0v) is 16.2. The lowest BCUT2D eigenvalue weighted by molar-refractivity contribution is -0.130. The van der Waals surface area contributed by atoms with Crippen LogP contribution in [0, 0.1) is 0 Å². The Hall–Kier alpha value is -2.13. The predicted octanol–water partition coefficient (Wildman–Crippen LogP) is 0.207. The number of carbonyl (C=O) groups is 2. The summed E-state index contributed by atoms with van der Waals surface area (Å²) in [6.45, 7) is 2.70. The van der Waals surface area contributed by atoms with Crippen LogP contribution in [0.2, 0.25) is 0 Å². The minimum Gasteiger partial charge on any atom is -0.484 e. The maximum absolute atomic E-state index is 12.7. The molecule has 0 bridgehead atoms. The number of rotatable bonds is 6. The molecule has 0 aromatic heterocycles. The molecule has 3 rings (SSSR count). The summed E-state index contributed by atoms with van der Waals surface area (Å²) in [7, 11) is -3.56. The van der Waals surface area contributed by atoms with E-state index in [2.05, 4.69) is 5.32 Å². The summed E-state index contributed by atoms with van der Waals surface area (Å²) in [5.74, 6) is -0.102. The van der Waals surface area contributed by atoms with Gasteiger partial charge in [-0.1, -0.05) is 25.1 Å². The second-order valence-electron chi connectivity index (χ2n) is 6.84. The van der Waals surface area contributed by atoms with Crippen LogP contribution >= 0.6 is 0 Å². The molecule has 2 fully saturated rings. The van der Waals surface area contributed by atoms with Gasteiger partial charge in [-0.05, 0) is 25.0 Å². The zero-order valence-electron chi connectivity index (χ0n) is 15.3. The third kappa shape index (κ3) is 4.59. The number of sulfonamides is 1. The molecule has 2 aliphatic rings. The highest BCUT2D eigenvalue weighted by molar-refractivity contribution is 7.89. The number of nitrogens with one attached hydrogen (secondary N) is 1. The van der Waals surface area contributed by atoms with Crippen molar-refractivity contribution < 1.29 is 22.7 Å². The number of hydrogen-bond acceptors (Lipinski definition) is 6. The molecule has 148 valence electrons. The molecule has 1 aromatic carbocycles. The fourth-order valence-electron chi connectivity index (χ4n) is 3.55. The van der Waals surface area contributed by atoms with Crippen molar-refractivity contribution in [3.05, 3.63) is 30.3 Å². The van der Waals surface area contributed by atoms with Gasteiger partial charge < -0.3 is 10.1 Å². The summed E-state index contributed by atoms with van der Waals surface area (Å²) < 4.78 is 31.1. The summed E-state index contributed by atoms with van der Waals surface area (Å²) >= 11 is 0. The molecule has 27 heavy (non-hydrogen) atoms. The van der Waals surface area contributed by atoms with Crippen molar-refractivity contribution in [2.75, 3.05) is 32.0 Å². The van der Waals surface area contributed by atoms with Gasteiger partial charge in [-0.2, -0.15) is 0 Å². The lowest BCUT2D eigenvalue weighted by Crippen LogP contribution is -2.44. The van der Waals surface area contributed by atoms with E-state index in [-0.39, 0.29) is 36.8 Å². The molecule has 0 aliphatic carbocycles. The Balaban J connectivity index is 1.57. The van der Waals surface area contributed by atoms with E-state index >= 15 is 0 Å². The van der Waals surface area contributed by atoms with E-state index in [1.54, 1.807) is 12.1 Å². The highest BCUT2D eigenvalue weighted by atomic mass is 32.2. The normalized spacial score (nSPS) is 24.9. The lowest BCUT2D eigenvalue weighted by atomic mass is 10.1.